The van der Waals surface area contributed by atoms with Gasteiger partial charge in [-0.05, 0) is 18.2 Å². The van der Waals surface area contributed by atoms with Gasteiger partial charge in [0.15, 0.2) is 5.58 Å². The number of amides is 1. The van der Waals surface area contributed by atoms with Crippen molar-refractivity contribution in [2.75, 3.05) is 0 Å². The third-order valence-electron chi connectivity index (χ3n) is 3.92. The molecule has 29 heavy (non-hydrogen) atoms. The first kappa shape index (κ1) is 19.2. The number of furan rings is 1. The molecule has 0 radical (unpaired) electrons. The standard InChI is InChI=1S/C20H9F3N2O2S2/c21-20(22,23)15-4-2-1-3-11(15)5-6-12-9-24-10-13-7-14(27-17(12)13)8-16-18(26)25-19(28)29-16/h1-4,7-10H,(H,25,26,28)/b16-8+. The lowest BCUT2D eigenvalue weighted by Gasteiger charge is -2.08. The minimum Gasteiger partial charge on any atom is -0.455 e. The van der Waals surface area contributed by atoms with Crippen LogP contribution in [0.25, 0.3) is 17.0 Å². The van der Waals surface area contributed by atoms with Gasteiger partial charge in [0.1, 0.15) is 10.1 Å². The normalized spacial score (nSPS) is 15.5. The van der Waals surface area contributed by atoms with Gasteiger partial charge in [-0.3, -0.25) is 9.78 Å². The molecular formula is C20H9F3N2O2S2. The molecule has 2 aromatic heterocycles. The summed E-state index contributed by atoms with van der Waals surface area (Å²) >= 11 is 6.06. The minimum absolute atomic E-state index is 0.140. The summed E-state index contributed by atoms with van der Waals surface area (Å²) in [6.45, 7) is 0. The number of hydrogen-bond donors (Lipinski definition) is 1. The van der Waals surface area contributed by atoms with Crippen LogP contribution >= 0.6 is 24.0 Å². The lowest BCUT2D eigenvalue weighted by Crippen LogP contribution is -2.17. The Balaban J connectivity index is 1.74. The molecule has 1 aromatic carbocycles. The van der Waals surface area contributed by atoms with Gasteiger partial charge in [0.25, 0.3) is 5.91 Å². The van der Waals surface area contributed by atoms with E-state index < -0.39 is 11.7 Å². The SMILES string of the molecule is O=C1NC(=S)S/C1=C/c1cc2cncc(C#Cc3ccccc3C(F)(F)F)c2o1. The number of aromatic nitrogens is 1. The van der Waals surface area contributed by atoms with Crippen molar-refractivity contribution in [1.82, 2.24) is 10.3 Å². The molecule has 1 amide bonds. The van der Waals surface area contributed by atoms with E-state index in [0.29, 0.717) is 31.5 Å². The van der Waals surface area contributed by atoms with Crippen molar-refractivity contribution < 1.29 is 22.4 Å². The number of carbonyl (C=O) groups is 1. The van der Waals surface area contributed by atoms with Crippen LogP contribution in [0.5, 0.6) is 0 Å². The third-order valence-corrected chi connectivity index (χ3v) is 5.08. The molecule has 1 aliphatic heterocycles. The van der Waals surface area contributed by atoms with Gasteiger partial charge in [-0.1, -0.05) is 48.0 Å². The molecule has 4 rings (SSSR count). The maximum atomic E-state index is 13.1. The second kappa shape index (κ2) is 7.39. The molecule has 1 saturated heterocycles. The van der Waals surface area contributed by atoms with Crippen LogP contribution in [-0.2, 0) is 11.0 Å². The van der Waals surface area contributed by atoms with Crippen molar-refractivity contribution in [3.8, 4) is 11.8 Å². The van der Waals surface area contributed by atoms with Gasteiger partial charge in [-0.25, -0.2) is 0 Å². The summed E-state index contributed by atoms with van der Waals surface area (Å²) in [6, 6.07) is 6.75. The predicted octanol–water partition coefficient (Wildman–Crippen LogP) is 4.74. The summed E-state index contributed by atoms with van der Waals surface area (Å²) in [5.41, 5.74) is -0.242. The van der Waals surface area contributed by atoms with Crippen molar-refractivity contribution in [2.24, 2.45) is 0 Å². The lowest BCUT2D eigenvalue weighted by atomic mass is 10.1. The van der Waals surface area contributed by atoms with Crippen molar-refractivity contribution in [3.05, 3.63) is 70.1 Å². The molecule has 1 aliphatic rings. The smallest absolute Gasteiger partial charge is 0.417 e. The van der Waals surface area contributed by atoms with Gasteiger partial charge in [0.2, 0.25) is 0 Å². The number of carbonyl (C=O) groups excluding carboxylic acids is 1. The van der Waals surface area contributed by atoms with Crippen LogP contribution in [-0.4, -0.2) is 15.2 Å². The molecule has 1 fully saturated rings. The largest absolute Gasteiger partial charge is 0.455 e. The van der Waals surface area contributed by atoms with E-state index in [1.54, 1.807) is 12.3 Å². The van der Waals surface area contributed by atoms with Gasteiger partial charge < -0.3 is 9.73 Å². The number of pyridine rings is 1. The van der Waals surface area contributed by atoms with E-state index >= 15 is 0 Å². The Bertz CT molecular complexity index is 1250. The number of rotatable bonds is 1. The maximum Gasteiger partial charge on any atom is 0.417 e. The molecule has 3 aromatic rings. The number of thiocarbonyl (C=S) groups is 1. The number of halogens is 3. The second-order valence-electron chi connectivity index (χ2n) is 5.90. The van der Waals surface area contributed by atoms with Gasteiger partial charge in [-0.15, -0.1) is 0 Å². The zero-order valence-electron chi connectivity index (χ0n) is 14.3. The topological polar surface area (TPSA) is 55.1 Å². The molecule has 1 N–H and O–H groups in total. The zero-order valence-corrected chi connectivity index (χ0v) is 16.0. The first-order valence-electron chi connectivity index (χ1n) is 8.12. The summed E-state index contributed by atoms with van der Waals surface area (Å²) < 4.78 is 45.5. The average molecular weight is 430 g/mol. The summed E-state index contributed by atoms with van der Waals surface area (Å²) in [4.78, 5) is 16.2. The number of fused-ring (bicyclic) bond motifs is 1. The van der Waals surface area contributed by atoms with Crippen molar-refractivity contribution >= 4 is 51.3 Å². The van der Waals surface area contributed by atoms with Crippen LogP contribution in [0.1, 0.15) is 22.5 Å². The van der Waals surface area contributed by atoms with Crippen LogP contribution in [0, 0.1) is 11.8 Å². The van der Waals surface area contributed by atoms with Crippen LogP contribution < -0.4 is 5.32 Å². The van der Waals surface area contributed by atoms with E-state index in [0.717, 1.165) is 17.8 Å². The quantitative estimate of drug-likeness (QED) is 0.344. The molecule has 0 spiro atoms. The Hall–Kier alpha value is -3.09. The Kier molecular flexibility index (Phi) is 4.90. The molecule has 144 valence electrons. The minimum atomic E-state index is -4.50. The van der Waals surface area contributed by atoms with Crippen molar-refractivity contribution in [2.45, 2.75) is 6.18 Å². The summed E-state index contributed by atoms with van der Waals surface area (Å²) in [5.74, 6) is 5.33. The molecule has 3 heterocycles. The molecule has 0 atom stereocenters. The number of hydrogen-bond acceptors (Lipinski definition) is 5. The molecule has 0 bridgehead atoms. The average Bonchev–Trinajstić information content (AvgIpc) is 3.22. The molecule has 0 aliphatic carbocycles. The van der Waals surface area contributed by atoms with Gasteiger partial charge in [-0.2, -0.15) is 13.2 Å². The molecule has 0 saturated carbocycles. The van der Waals surface area contributed by atoms with Gasteiger partial charge in [0.05, 0.1) is 16.0 Å². The van der Waals surface area contributed by atoms with E-state index in [4.69, 9.17) is 16.6 Å². The van der Waals surface area contributed by atoms with Crippen LogP contribution in [0.3, 0.4) is 0 Å². The highest BCUT2D eigenvalue weighted by molar-refractivity contribution is 8.26. The predicted molar refractivity (Wildman–Crippen MR) is 108 cm³/mol. The highest BCUT2D eigenvalue weighted by atomic mass is 32.2. The number of nitrogens with one attached hydrogen (secondary N) is 1. The highest BCUT2D eigenvalue weighted by Gasteiger charge is 2.32. The van der Waals surface area contributed by atoms with Gasteiger partial charge in [0, 0.05) is 29.4 Å². The zero-order chi connectivity index (χ0) is 20.6. The highest BCUT2D eigenvalue weighted by Crippen LogP contribution is 2.32. The van der Waals surface area contributed by atoms with Gasteiger partial charge >= 0.3 is 6.18 Å². The Morgan fingerprint density at radius 3 is 2.66 bits per heavy atom. The van der Waals surface area contributed by atoms with Crippen LogP contribution in [0.15, 0.2) is 52.0 Å². The van der Waals surface area contributed by atoms with E-state index in [1.165, 1.54) is 30.5 Å². The molecule has 4 nitrogen and oxygen atoms in total. The van der Waals surface area contributed by atoms with Crippen LogP contribution in [0.2, 0.25) is 0 Å². The van der Waals surface area contributed by atoms with Crippen molar-refractivity contribution in [3.63, 3.8) is 0 Å². The first-order valence-corrected chi connectivity index (χ1v) is 9.34. The number of alkyl halides is 3. The van der Waals surface area contributed by atoms with Crippen molar-refractivity contribution in [1.29, 1.82) is 0 Å². The summed E-state index contributed by atoms with van der Waals surface area (Å²) in [5, 5.41) is 3.12. The fourth-order valence-electron chi connectivity index (χ4n) is 2.67. The van der Waals surface area contributed by atoms with E-state index in [2.05, 4.69) is 22.1 Å². The lowest BCUT2D eigenvalue weighted by molar-refractivity contribution is -0.137. The summed E-state index contributed by atoms with van der Waals surface area (Å²) in [7, 11) is 0. The number of nitrogens with zero attached hydrogens (tertiary/aromatic N) is 1. The second-order valence-corrected chi connectivity index (χ2v) is 7.62. The monoisotopic (exact) mass is 430 g/mol. The number of thioether (sulfide) groups is 1. The van der Waals surface area contributed by atoms with E-state index in [9.17, 15) is 18.0 Å². The fourth-order valence-corrected chi connectivity index (χ4v) is 3.69. The Morgan fingerprint density at radius 2 is 1.93 bits per heavy atom. The van der Waals surface area contributed by atoms with E-state index in [-0.39, 0.29) is 11.5 Å². The fraction of sp³-hybridized carbons (Fsp3) is 0.0500. The maximum absolute atomic E-state index is 13.1. The molecule has 0 unspecified atom stereocenters. The summed E-state index contributed by atoms with van der Waals surface area (Å²) in [6.07, 6.45) is -0.00455. The van der Waals surface area contributed by atoms with E-state index in [1.807, 2.05) is 0 Å². The molecular weight excluding hydrogens is 421 g/mol. The van der Waals surface area contributed by atoms with Crippen LogP contribution in [0.4, 0.5) is 13.2 Å². The first-order chi connectivity index (χ1) is 13.8. The third kappa shape index (κ3) is 4.04. The molecule has 9 heteroatoms. The Labute approximate surface area is 172 Å². The number of benzene rings is 1. The Morgan fingerprint density at radius 1 is 1.17 bits per heavy atom.